The summed E-state index contributed by atoms with van der Waals surface area (Å²) >= 11 is 0. The zero-order valence-electron chi connectivity index (χ0n) is 9.33. The van der Waals surface area contributed by atoms with E-state index in [0.29, 0.717) is 0 Å². The monoisotopic (exact) mass is 203 g/mol. The molecule has 0 amide bonds. The smallest absolute Gasteiger partial charge is 0.131 e. The van der Waals surface area contributed by atoms with Crippen molar-refractivity contribution in [2.24, 2.45) is 0 Å². The minimum absolute atomic E-state index is 0.737. The van der Waals surface area contributed by atoms with E-state index in [2.05, 4.69) is 29.8 Å². The number of nitrogens with two attached hydrogens (primary N) is 1. The number of aryl methyl sites for hydroxylation is 1. The highest BCUT2D eigenvalue weighted by Gasteiger charge is 2.13. The molecule has 1 aromatic heterocycles. The maximum absolute atomic E-state index is 5.69. The topological polar surface area (TPSA) is 42.2 Å². The van der Waals surface area contributed by atoms with E-state index in [0.717, 1.165) is 36.6 Å². The van der Waals surface area contributed by atoms with Crippen molar-refractivity contribution in [3.8, 4) is 0 Å². The van der Waals surface area contributed by atoms with Gasteiger partial charge in [-0.2, -0.15) is 0 Å². The highest BCUT2D eigenvalue weighted by Crippen LogP contribution is 2.22. The standard InChI is InChI=1S/C12H17N3/c1-9-4-3-5-15(8-9)12-10(2)6-11(13)7-14-12/h4,6-7H,3,5,8,13H2,1-2H3. The summed E-state index contributed by atoms with van der Waals surface area (Å²) in [7, 11) is 0. The molecule has 1 aliphatic rings. The predicted molar refractivity (Wildman–Crippen MR) is 64.0 cm³/mol. The van der Waals surface area contributed by atoms with E-state index in [1.165, 1.54) is 5.57 Å². The average Bonchev–Trinajstić information content (AvgIpc) is 2.17. The molecular formula is C12H17N3. The molecule has 2 rings (SSSR count). The molecular weight excluding hydrogens is 186 g/mol. The zero-order chi connectivity index (χ0) is 10.8. The van der Waals surface area contributed by atoms with Crippen LogP contribution in [0.15, 0.2) is 23.9 Å². The molecule has 0 aliphatic carbocycles. The van der Waals surface area contributed by atoms with Crippen LogP contribution in [0.2, 0.25) is 0 Å². The Labute approximate surface area is 90.6 Å². The van der Waals surface area contributed by atoms with Gasteiger partial charge in [0, 0.05) is 13.1 Å². The third kappa shape index (κ3) is 2.12. The Hall–Kier alpha value is -1.51. The molecule has 80 valence electrons. The Morgan fingerprint density at radius 1 is 1.40 bits per heavy atom. The van der Waals surface area contributed by atoms with Crippen LogP contribution in [0.1, 0.15) is 18.9 Å². The van der Waals surface area contributed by atoms with Crippen molar-refractivity contribution < 1.29 is 0 Å². The van der Waals surface area contributed by atoms with Gasteiger partial charge in [0.15, 0.2) is 0 Å². The minimum Gasteiger partial charge on any atom is -0.397 e. The molecule has 2 heterocycles. The van der Waals surface area contributed by atoms with Crippen molar-refractivity contribution in [2.75, 3.05) is 23.7 Å². The lowest BCUT2D eigenvalue weighted by Gasteiger charge is -2.28. The molecule has 0 radical (unpaired) electrons. The van der Waals surface area contributed by atoms with Crippen molar-refractivity contribution in [1.82, 2.24) is 4.98 Å². The summed E-state index contributed by atoms with van der Waals surface area (Å²) in [6.07, 6.45) is 5.14. The van der Waals surface area contributed by atoms with E-state index in [9.17, 15) is 0 Å². The quantitative estimate of drug-likeness (QED) is 0.711. The molecule has 0 aromatic carbocycles. The second-order valence-corrected chi connectivity index (χ2v) is 4.17. The summed E-state index contributed by atoms with van der Waals surface area (Å²) in [5, 5.41) is 0. The van der Waals surface area contributed by atoms with Crippen LogP contribution >= 0.6 is 0 Å². The van der Waals surface area contributed by atoms with Crippen molar-refractivity contribution in [1.29, 1.82) is 0 Å². The van der Waals surface area contributed by atoms with Crippen molar-refractivity contribution in [3.63, 3.8) is 0 Å². The summed E-state index contributed by atoms with van der Waals surface area (Å²) in [5.74, 6) is 1.07. The zero-order valence-corrected chi connectivity index (χ0v) is 9.33. The molecule has 3 nitrogen and oxygen atoms in total. The molecule has 0 unspecified atom stereocenters. The van der Waals surface area contributed by atoms with Crippen LogP contribution in [0.5, 0.6) is 0 Å². The van der Waals surface area contributed by atoms with Crippen molar-refractivity contribution in [2.45, 2.75) is 20.3 Å². The van der Waals surface area contributed by atoms with Crippen LogP contribution in [0.4, 0.5) is 11.5 Å². The van der Waals surface area contributed by atoms with E-state index in [4.69, 9.17) is 5.73 Å². The molecule has 15 heavy (non-hydrogen) atoms. The van der Waals surface area contributed by atoms with E-state index in [1.807, 2.05) is 6.07 Å². The highest BCUT2D eigenvalue weighted by molar-refractivity contribution is 5.53. The van der Waals surface area contributed by atoms with Crippen molar-refractivity contribution >= 4 is 11.5 Å². The first-order chi connectivity index (χ1) is 7.16. The van der Waals surface area contributed by atoms with Crippen LogP contribution in [-0.2, 0) is 0 Å². The van der Waals surface area contributed by atoms with Gasteiger partial charge in [0.25, 0.3) is 0 Å². The van der Waals surface area contributed by atoms with E-state index in [-0.39, 0.29) is 0 Å². The highest BCUT2D eigenvalue weighted by atomic mass is 15.2. The molecule has 0 spiro atoms. The summed E-state index contributed by atoms with van der Waals surface area (Å²) in [6.45, 7) is 6.26. The largest absolute Gasteiger partial charge is 0.397 e. The third-order valence-electron chi connectivity index (χ3n) is 2.70. The number of nitrogens with zero attached hydrogens (tertiary/aromatic N) is 2. The Kier molecular flexibility index (Phi) is 2.62. The molecule has 1 aromatic rings. The number of hydrogen-bond donors (Lipinski definition) is 1. The lowest BCUT2D eigenvalue weighted by molar-refractivity contribution is 0.775. The normalized spacial score (nSPS) is 16.4. The minimum atomic E-state index is 0.737. The molecule has 0 fully saturated rings. The Balaban J connectivity index is 2.26. The molecule has 0 saturated carbocycles. The Bertz CT molecular complexity index is 396. The average molecular weight is 203 g/mol. The molecule has 0 atom stereocenters. The fraction of sp³-hybridized carbons (Fsp3) is 0.417. The SMILES string of the molecule is CC1=CCCN(c2ncc(N)cc2C)C1. The van der Waals surface area contributed by atoms with Gasteiger partial charge < -0.3 is 10.6 Å². The number of nitrogen functional groups attached to an aromatic ring is 1. The van der Waals surface area contributed by atoms with E-state index < -0.39 is 0 Å². The second-order valence-electron chi connectivity index (χ2n) is 4.17. The fourth-order valence-electron chi connectivity index (χ4n) is 2.01. The van der Waals surface area contributed by atoms with Gasteiger partial charge in [0.05, 0.1) is 11.9 Å². The van der Waals surface area contributed by atoms with Gasteiger partial charge in [-0.1, -0.05) is 11.6 Å². The van der Waals surface area contributed by atoms with Crippen molar-refractivity contribution in [3.05, 3.63) is 29.5 Å². The van der Waals surface area contributed by atoms with Crippen LogP contribution in [0, 0.1) is 6.92 Å². The number of rotatable bonds is 1. The Morgan fingerprint density at radius 2 is 2.20 bits per heavy atom. The number of hydrogen-bond acceptors (Lipinski definition) is 3. The van der Waals surface area contributed by atoms with Crippen LogP contribution < -0.4 is 10.6 Å². The Morgan fingerprint density at radius 3 is 2.87 bits per heavy atom. The van der Waals surface area contributed by atoms with E-state index in [1.54, 1.807) is 6.20 Å². The van der Waals surface area contributed by atoms with Gasteiger partial charge in [-0.05, 0) is 31.9 Å². The number of anilines is 2. The van der Waals surface area contributed by atoms with Gasteiger partial charge in [0.2, 0.25) is 0 Å². The maximum atomic E-state index is 5.69. The lowest BCUT2D eigenvalue weighted by Crippen LogP contribution is -2.30. The van der Waals surface area contributed by atoms with Gasteiger partial charge >= 0.3 is 0 Å². The van der Waals surface area contributed by atoms with Gasteiger partial charge in [-0.3, -0.25) is 0 Å². The van der Waals surface area contributed by atoms with Crippen LogP contribution in [0.25, 0.3) is 0 Å². The molecule has 0 saturated heterocycles. The first kappa shape index (κ1) is 10.0. The molecule has 1 aliphatic heterocycles. The van der Waals surface area contributed by atoms with E-state index >= 15 is 0 Å². The number of aromatic nitrogens is 1. The summed E-state index contributed by atoms with van der Waals surface area (Å²) in [4.78, 5) is 6.72. The van der Waals surface area contributed by atoms with Gasteiger partial charge in [0.1, 0.15) is 5.82 Å². The maximum Gasteiger partial charge on any atom is 0.131 e. The number of pyridine rings is 1. The first-order valence-electron chi connectivity index (χ1n) is 5.29. The molecule has 3 heteroatoms. The van der Waals surface area contributed by atoms with Gasteiger partial charge in [-0.25, -0.2) is 4.98 Å². The van der Waals surface area contributed by atoms with Crippen LogP contribution in [-0.4, -0.2) is 18.1 Å². The molecule has 0 bridgehead atoms. The lowest BCUT2D eigenvalue weighted by atomic mass is 10.1. The second kappa shape index (κ2) is 3.93. The summed E-state index contributed by atoms with van der Waals surface area (Å²) in [5.41, 5.74) is 9.00. The first-order valence-corrected chi connectivity index (χ1v) is 5.29. The van der Waals surface area contributed by atoms with Crippen LogP contribution in [0.3, 0.4) is 0 Å². The summed E-state index contributed by atoms with van der Waals surface area (Å²) in [6, 6.07) is 1.98. The van der Waals surface area contributed by atoms with Gasteiger partial charge in [-0.15, -0.1) is 0 Å². The summed E-state index contributed by atoms with van der Waals surface area (Å²) < 4.78 is 0. The third-order valence-corrected chi connectivity index (χ3v) is 2.70. The fourth-order valence-corrected chi connectivity index (χ4v) is 2.01. The molecule has 2 N–H and O–H groups in total. The predicted octanol–water partition coefficient (Wildman–Crippen LogP) is 2.13.